The van der Waals surface area contributed by atoms with E-state index in [4.69, 9.17) is 0 Å². The van der Waals surface area contributed by atoms with Gasteiger partial charge in [-0.15, -0.1) is 0 Å². The number of nitrogens with zero attached hydrogens (tertiary/aromatic N) is 2. The Balaban J connectivity index is 2.28. The molecule has 1 aliphatic heterocycles. The van der Waals surface area contributed by atoms with Crippen LogP contribution in [0.1, 0.15) is 19.3 Å². The lowest BCUT2D eigenvalue weighted by Gasteiger charge is -2.26. The maximum absolute atomic E-state index is 11.7. The second-order valence-electron chi connectivity index (χ2n) is 3.73. The molecule has 82 valence electrons. The molecule has 16 heavy (non-hydrogen) atoms. The number of aliphatic imine (C=N–C) groups is 1. The quantitative estimate of drug-likeness (QED) is 0.562. The molecule has 4 heteroatoms. The standard InChI is InChI=1S/C12H12N2O2/c15-9-13-10-4-3-5-11(8-10)14-7-2-1-6-12(14)16/h3-5,8H,1-2,6-7H2. The molecule has 1 aliphatic rings. The Morgan fingerprint density at radius 1 is 1.31 bits per heavy atom. The molecule has 1 saturated heterocycles. The minimum Gasteiger partial charge on any atom is -0.312 e. The predicted molar refractivity (Wildman–Crippen MR) is 60.4 cm³/mol. The Kier molecular flexibility index (Phi) is 3.13. The maximum Gasteiger partial charge on any atom is 0.240 e. The molecule has 1 amide bonds. The fraction of sp³-hybridized carbons (Fsp3) is 0.333. The molecule has 0 saturated carbocycles. The van der Waals surface area contributed by atoms with Crippen LogP contribution in [0, 0.1) is 0 Å². The van der Waals surface area contributed by atoms with Gasteiger partial charge in [-0.1, -0.05) is 6.07 Å². The zero-order valence-corrected chi connectivity index (χ0v) is 8.85. The number of benzene rings is 1. The Labute approximate surface area is 93.6 Å². The highest BCUT2D eigenvalue weighted by Gasteiger charge is 2.19. The third-order valence-electron chi connectivity index (χ3n) is 2.64. The second-order valence-corrected chi connectivity index (χ2v) is 3.73. The molecule has 0 radical (unpaired) electrons. The largest absolute Gasteiger partial charge is 0.312 e. The van der Waals surface area contributed by atoms with E-state index in [2.05, 4.69) is 4.99 Å². The van der Waals surface area contributed by atoms with Crippen LogP contribution >= 0.6 is 0 Å². The van der Waals surface area contributed by atoms with Gasteiger partial charge in [0, 0.05) is 18.7 Å². The van der Waals surface area contributed by atoms with Gasteiger partial charge in [-0.05, 0) is 31.0 Å². The number of carbonyl (C=O) groups is 1. The molecule has 1 heterocycles. The number of hydrogen-bond donors (Lipinski definition) is 0. The van der Waals surface area contributed by atoms with Gasteiger partial charge in [-0.2, -0.15) is 4.99 Å². The molecule has 0 unspecified atom stereocenters. The molecule has 1 aromatic carbocycles. The van der Waals surface area contributed by atoms with Gasteiger partial charge in [0.2, 0.25) is 12.0 Å². The fourth-order valence-corrected chi connectivity index (χ4v) is 1.86. The number of rotatable bonds is 2. The first kappa shape index (κ1) is 10.6. The summed E-state index contributed by atoms with van der Waals surface area (Å²) >= 11 is 0. The summed E-state index contributed by atoms with van der Waals surface area (Å²) < 4.78 is 0. The van der Waals surface area contributed by atoms with E-state index in [0.29, 0.717) is 12.1 Å². The predicted octanol–water partition coefficient (Wildman–Crippen LogP) is 2.17. The van der Waals surface area contributed by atoms with Crippen molar-refractivity contribution in [2.24, 2.45) is 4.99 Å². The third-order valence-corrected chi connectivity index (χ3v) is 2.64. The molecular weight excluding hydrogens is 204 g/mol. The van der Waals surface area contributed by atoms with Crippen molar-refractivity contribution in [2.75, 3.05) is 11.4 Å². The smallest absolute Gasteiger partial charge is 0.240 e. The number of amides is 1. The van der Waals surface area contributed by atoms with Crippen LogP contribution in [0.3, 0.4) is 0 Å². The topological polar surface area (TPSA) is 49.7 Å². The molecule has 0 bridgehead atoms. The van der Waals surface area contributed by atoms with Gasteiger partial charge in [0.05, 0.1) is 5.69 Å². The average molecular weight is 216 g/mol. The summed E-state index contributed by atoms with van der Waals surface area (Å²) in [7, 11) is 0. The van der Waals surface area contributed by atoms with Crippen molar-refractivity contribution in [3.63, 3.8) is 0 Å². The molecule has 1 fully saturated rings. The molecule has 4 nitrogen and oxygen atoms in total. The van der Waals surface area contributed by atoms with Crippen molar-refractivity contribution < 1.29 is 9.59 Å². The maximum atomic E-state index is 11.7. The van der Waals surface area contributed by atoms with E-state index in [1.165, 1.54) is 6.08 Å². The van der Waals surface area contributed by atoms with Crippen molar-refractivity contribution in [2.45, 2.75) is 19.3 Å². The molecule has 0 spiro atoms. The monoisotopic (exact) mass is 216 g/mol. The number of isocyanates is 1. The van der Waals surface area contributed by atoms with Gasteiger partial charge >= 0.3 is 0 Å². The summed E-state index contributed by atoms with van der Waals surface area (Å²) in [6.07, 6.45) is 4.08. The lowest BCUT2D eigenvalue weighted by atomic mass is 10.1. The first-order valence-corrected chi connectivity index (χ1v) is 5.29. The van der Waals surface area contributed by atoms with Crippen LogP contribution in [0.2, 0.25) is 0 Å². The van der Waals surface area contributed by atoms with Gasteiger partial charge in [-0.3, -0.25) is 4.79 Å². The van der Waals surface area contributed by atoms with E-state index < -0.39 is 0 Å². The molecular formula is C12H12N2O2. The zero-order valence-electron chi connectivity index (χ0n) is 8.85. The van der Waals surface area contributed by atoms with Crippen LogP contribution in [0.4, 0.5) is 11.4 Å². The summed E-state index contributed by atoms with van der Waals surface area (Å²) in [5.41, 5.74) is 1.34. The highest BCUT2D eigenvalue weighted by Crippen LogP contribution is 2.24. The number of piperidine rings is 1. The second kappa shape index (κ2) is 4.73. The normalized spacial score (nSPS) is 15.8. The first-order valence-electron chi connectivity index (χ1n) is 5.29. The minimum atomic E-state index is 0.137. The summed E-state index contributed by atoms with van der Waals surface area (Å²) in [6, 6.07) is 7.08. The van der Waals surface area contributed by atoms with E-state index in [1.807, 2.05) is 6.07 Å². The van der Waals surface area contributed by atoms with Crippen LogP contribution < -0.4 is 4.90 Å². The van der Waals surface area contributed by atoms with Crippen molar-refractivity contribution in [3.05, 3.63) is 24.3 Å². The highest BCUT2D eigenvalue weighted by atomic mass is 16.2. The van der Waals surface area contributed by atoms with Crippen LogP contribution in [0.5, 0.6) is 0 Å². The lowest BCUT2D eigenvalue weighted by molar-refractivity contribution is -0.119. The van der Waals surface area contributed by atoms with Crippen LogP contribution in [-0.2, 0) is 9.59 Å². The fourth-order valence-electron chi connectivity index (χ4n) is 1.86. The van der Waals surface area contributed by atoms with E-state index in [9.17, 15) is 9.59 Å². The van der Waals surface area contributed by atoms with E-state index >= 15 is 0 Å². The van der Waals surface area contributed by atoms with Gasteiger partial charge in [0.15, 0.2) is 0 Å². The molecule has 2 rings (SSSR count). The Morgan fingerprint density at radius 3 is 2.94 bits per heavy atom. The van der Waals surface area contributed by atoms with Gasteiger partial charge in [0.25, 0.3) is 0 Å². The van der Waals surface area contributed by atoms with Gasteiger partial charge in [-0.25, -0.2) is 4.79 Å². The molecule has 1 aromatic rings. The Bertz CT molecular complexity index is 450. The van der Waals surface area contributed by atoms with Crippen LogP contribution in [-0.4, -0.2) is 18.5 Å². The first-order chi connectivity index (χ1) is 7.81. The van der Waals surface area contributed by atoms with Crippen LogP contribution in [0.15, 0.2) is 29.3 Å². The average Bonchev–Trinajstić information content (AvgIpc) is 2.30. The summed E-state index contributed by atoms with van der Waals surface area (Å²) in [5, 5.41) is 0. The molecule has 0 aromatic heterocycles. The SMILES string of the molecule is O=C=Nc1cccc(N2CCCCC2=O)c1. The number of hydrogen-bond acceptors (Lipinski definition) is 3. The number of carbonyl (C=O) groups excluding carboxylic acids is 2. The van der Waals surface area contributed by atoms with Crippen molar-refractivity contribution in [3.8, 4) is 0 Å². The molecule has 0 aliphatic carbocycles. The minimum absolute atomic E-state index is 0.137. The van der Waals surface area contributed by atoms with Gasteiger partial charge in [0.1, 0.15) is 0 Å². The molecule has 0 atom stereocenters. The van der Waals surface area contributed by atoms with Gasteiger partial charge < -0.3 is 4.90 Å². The summed E-state index contributed by atoms with van der Waals surface area (Å²) in [6.45, 7) is 0.743. The van der Waals surface area contributed by atoms with E-state index in [1.54, 1.807) is 23.1 Å². The van der Waals surface area contributed by atoms with Crippen molar-refractivity contribution in [1.82, 2.24) is 0 Å². The summed E-state index contributed by atoms with van der Waals surface area (Å²) in [5.74, 6) is 0.137. The van der Waals surface area contributed by atoms with Crippen molar-refractivity contribution >= 4 is 23.4 Å². The third kappa shape index (κ3) is 2.18. The van der Waals surface area contributed by atoms with E-state index in [0.717, 1.165) is 25.1 Å². The van der Waals surface area contributed by atoms with E-state index in [-0.39, 0.29) is 5.91 Å². The lowest BCUT2D eigenvalue weighted by Crippen LogP contribution is -2.35. The van der Waals surface area contributed by atoms with Crippen molar-refractivity contribution in [1.29, 1.82) is 0 Å². The number of anilines is 1. The summed E-state index contributed by atoms with van der Waals surface area (Å²) in [4.78, 5) is 27.1. The Morgan fingerprint density at radius 2 is 2.19 bits per heavy atom. The van der Waals surface area contributed by atoms with Crippen LogP contribution in [0.25, 0.3) is 0 Å². The highest BCUT2D eigenvalue weighted by molar-refractivity contribution is 5.94. The zero-order chi connectivity index (χ0) is 11.4. The molecule has 0 N–H and O–H groups in total. The Hall–Kier alpha value is -1.93.